The summed E-state index contributed by atoms with van der Waals surface area (Å²) in [5.74, 6) is 0.161. The van der Waals surface area contributed by atoms with Gasteiger partial charge in [0.1, 0.15) is 0 Å². The van der Waals surface area contributed by atoms with Gasteiger partial charge < -0.3 is 14.4 Å². The Balaban J connectivity index is 2.62. The highest BCUT2D eigenvalue weighted by Crippen LogP contribution is 2.42. The Morgan fingerprint density at radius 1 is 1.14 bits per heavy atom. The van der Waals surface area contributed by atoms with Crippen LogP contribution in [0.15, 0.2) is 0 Å². The van der Waals surface area contributed by atoms with Crippen LogP contribution in [-0.2, 0) is 9.22 Å². The molecule has 0 aromatic carbocycles. The van der Waals surface area contributed by atoms with Crippen LogP contribution < -0.4 is 0 Å². The van der Waals surface area contributed by atoms with E-state index < -0.39 is 14.4 Å². The molecule has 4 nitrogen and oxygen atoms in total. The van der Waals surface area contributed by atoms with E-state index in [-0.39, 0.29) is 5.91 Å². The molecule has 1 rings (SSSR count). The standard InChI is InChI=1S/C16H33NO3Si/c1-12(2)21(13(3)4,14(5)6)20-11-15(18)10-17-9-7-8-16(17)19/h12-15,18H,7-11H2,1-6H3/t15-/m1/s1. The molecule has 124 valence electrons. The van der Waals surface area contributed by atoms with Crippen LogP contribution >= 0.6 is 0 Å². The lowest BCUT2D eigenvalue weighted by molar-refractivity contribution is -0.129. The minimum absolute atomic E-state index is 0.161. The monoisotopic (exact) mass is 315 g/mol. The van der Waals surface area contributed by atoms with E-state index in [0.29, 0.717) is 36.2 Å². The minimum Gasteiger partial charge on any atom is -0.413 e. The summed E-state index contributed by atoms with van der Waals surface area (Å²) in [7, 11) is -1.93. The molecule has 0 spiro atoms. The largest absolute Gasteiger partial charge is 0.413 e. The number of nitrogens with zero attached hydrogens (tertiary/aromatic N) is 1. The summed E-state index contributed by atoms with van der Waals surface area (Å²) >= 11 is 0. The normalized spacial score (nSPS) is 18.4. The summed E-state index contributed by atoms with van der Waals surface area (Å²) in [6.07, 6.45) is 0.959. The molecule has 0 aliphatic carbocycles. The highest BCUT2D eigenvalue weighted by atomic mass is 28.4. The lowest BCUT2D eigenvalue weighted by atomic mass is 10.3. The van der Waals surface area contributed by atoms with Gasteiger partial charge in [0.25, 0.3) is 0 Å². The number of aliphatic hydroxyl groups is 1. The molecule has 0 saturated carbocycles. The number of β-amino-alcohol motifs (C(OH)–C–C–N with tert-alkyl or cyclic N) is 1. The van der Waals surface area contributed by atoms with E-state index >= 15 is 0 Å². The van der Waals surface area contributed by atoms with Gasteiger partial charge >= 0.3 is 0 Å². The van der Waals surface area contributed by atoms with Gasteiger partial charge in [-0.15, -0.1) is 0 Å². The zero-order valence-electron chi connectivity index (χ0n) is 14.6. The molecule has 1 amide bonds. The summed E-state index contributed by atoms with van der Waals surface area (Å²) in [6, 6.07) is 0. The molecule has 0 bridgehead atoms. The van der Waals surface area contributed by atoms with Crippen LogP contribution in [0.4, 0.5) is 0 Å². The fraction of sp³-hybridized carbons (Fsp3) is 0.938. The Kier molecular flexibility index (Phi) is 6.88. The number of aliphatic hydroxyl groups excluding tert-OH is 1. The molecule has 21 heavy (non-hydrogen) atoms. The molecular formula is C16H33NO3Si. The number of amides is 1. The van der Waals surface area contributed by atoms with Crippen LogP contribution in [0.1, 0.15) is 54.4 Å². The van der Waals surface area contributed by atoms with Crippen molar-refractivity contribution in [3.8, 4) is 0 Å². The minimum atomic E-state index is -1.93. The SMILES string of the molecule is CC(C)[Si](OC[C@H](O)CN1CCCC1=O)(C(C)C)C(C)C. The van der Waals surface area contributed by atoms with Crippen LogP contribution in [0.25, 0.3) is 0 Å². The summed E-state index contributed by atoms with van der Waals surface area (Å²) in [5, 5.41) is 10.2. The van der Waals surface area contributed by atoms with Gasteiger partial charge in [0.05, 0.1) is 12.7 Å². The molecule has 1 saturated heterocycles. The summed E-state index contributed by atoms with van der Waals surface area (Å²) in [6.45, 7) is 15.0. The van der Waals surface area contributed by atoms with Crippen molar-refractivity contribution in [2.24, 2.45) is 0 Å². The number of rotatable bonds is 8. The zero-order valence-corrected chi connectivity index (χ0v) is 15.6. The third-order valence-corrected chi connectivity index (χ3v) is 10.9. The van der Waals surface area contributed by atoms with E-state index in [1.54, 1.807) is 4.90 Å². The Morgan fingerprint density at radius 2 is 1.67 bits per heavy atom. The smallest absolute Gasteiger partial charge is 0.222 e. The zero-order chi connectivity index (χ0) is 16.2. The fourth-order valence-electron chi connectivity index (χ4n) is 3.94. The van der Waals surface area contributed by atoms with Crippen LogP contribution in [0.3, 0.4) is 0 Å². The van der Waals surface area contributed by atoms with Crippen molar-refractivity contribution in [2.75, 3.05) is 19.7 Å². The predicted molar refractivity (Wildman–Crippen MR) is 88.8 cm³/mol. The first-order valence-corrected chi connectivity index (χ1v) is 10.5. The quantitative estimate of drug-likeness (QED) is 0.700. The Morgan fingerprint density at radius 3 is 2.05 bits per heavy atom. The lowest BCUT2D eigenvalue weighted by Crippen LogP contribution is -2.50. The van der Waals surface area contributed by atoms with Gasteiger partial charge in [-0.3, -0.25) is 4.79 Å². The predicted octanol–water partition coefficient (Wildman–Crippen LogP) is 3.16. The summed E-state index contributed by atoms with van der Waals surface area (Å²) in [4.78, 5) is 13.4. The fourth-order valence-corrected chi connectivity index (χ4v) is 9.43. The number of likely N-dealkylation sites (tertiary alicyclic amines) is 1. The van der Waals surface area contributed by atoms with E-state index in [0.717, 1.165) is 13.0 Å². The second-order valence-electron chi connectivity index (χ2n) is 7.23. The Labute approximate surface area is 131 Å². The molecule has 0 aromatic heterocycles. The first-order chi connectivity index (χ1) is 9.71. The molecular weight excluding hydrogens is 282 g/mol. The molecule has 1 heterocycles. The van der Waals surface area contributed by atoms with Gasteiger partial charge in [0, 0.05) is 19.5 Å². The van der Waals surface area contributed by atoms with Gasteiger partial charge in [0.15, 0.2) is 8.32 Å². The second-order valence-corrected chi connectivity index (χ2v) is 12.7. The maximum Gasteiger partial charge on any atom is 0.222 e. The lowest BCUT2D eigenvalue weighted by Gasteiger charge is -2.42. The van der Waals surface area contributed by atoms with Crippen molar-refractivity contribution >= 4 is 14.2 Å². The van der Waals surface area contributed by atoms with E-state index in [9.17, 15) is 9.90 Å². The molecule has 0 unspecified atom stereocenters. The van der Waals surface area contributed by atoms with Gasteiger partial charge in [0.2, 0.25) is 5.91 Å². The molecule has 5 heteroatoms. The second kappa shape index (κ2) is 7.74. The molecule has 1 aliphatic heterocycles. The van der Waals surface area contributed by atoms with Crippen molar-refractivity contribution in [3.05, 3.63) is 0 Å². The maximum absolute atomic E-state index is 11.6. The molecule has 1 N–H and O–H groups in total. The van der Waals surface area contributed by atoms with Crippen LogP contribution in [0.5, 0.6) is 0 Å². The average Bonchev–Trinajstić information content (AvgIpc) is 2.74. The number of hydrogen-bond acceptors (Lipinski definition) is 3. The van der Waals surface area contributed by atoms with E-state index in [1.807, 2.05) is 0 Å². The number of carbonyl (C=O) groups is 1. The first-order valence-electron chi connectivity index (χ1n) is 8.31. The topological polar surface area (TPSA) is 49.8 Å². The highest BCUT2D eigenvalue weighted by Gasteiger charge is 2.45. The molecule has 0 aromatic rings. The Hall–Kier alpha value is -0.393. The molecule has 1 atom stereocenters. The van der Waals surface area contributed by atoms with E-state index in [4.69, 9.17) is 4.43 Å². The third kappa shape index (κ3) is 4.30. The molecule has 0 radical (unpaired) electrons. The third-order valence-electron chi connectivity index (χ3n) is 4.84. The summed E-state index contributed by atoms with van der Waals surface area (Å²) in [5.41, 5.74) is 1.54. The van der Waals surface area contributed by atoms with Crippen molar-refractivity contribution < 1.29 is 14.3 Å². The van der Waals surface area contributed by atoms with Crippen LogP contribution in [0.2, 0.25) is 16.6 Å². The Bertz CT molecular complexity index is 323. The van der Waals surface area contributed by atoms with E-state index in [1.165, 1.54) is 0 Å². The van der Waals surface area contributed by atoms with Gasteiger partial charge in [-0.2, -0.15) is 0 Å². The average molecular weight is 316 g/mol. The van der Waals surface area contributed by atoms with Crippen molar-refractivity contribution in [1.82, 2.24) is 4.90 Å². The molecule has 1 aliphatic rings. The summed E-state index contributed by atoms with van der Waals surface area (Å²) < 4.78 is 6.37. The number of hydrogen-bond donors (Lipinski definition) is 1. The van der Waals surface area contributed by atoms with E-state index in [2.05, 4.69) is 41.5 Å². The van der Waals surface area contributed by atoms with Gasteiger partial charge in [-0.1, -0.05) is 41.5 Å². The van der Waals surface area contributed by atoms with Gasteiger partial charge in [-0.05, 0) is 23.0 Å². The van der Waals surface area contributed by atoms with Crippen molar-refractivity contribution in [3.63, 3.8) is 0 Å². The first kappa shape index (κ1) is 18.7. The number of carbonyl (C=O) groups excluding carboxylic acids is 1. The van der Waals surface area contributed by atoms with Crippen molar-refractivity contribution in [2.45, 2.75) is 77.1 Å². The highest BCUT2D eigenvalue weighted by molar-refractivity contribution is 6.77. The van der Waals surface area contributed by atoms with Gasteiger partial charge in [-0.25, -0.2) is 0 Å². The molecule has 1 fully saturated rings. The van der Waals surface area contributed by atoms with Crippen LogP contribution in [-0.4, -0.2) is 50.0 Å². The maximum atomic E-state index is 11.6. The van der Waals surface area contributed by atoms with Crippen LogP contribution in [0, 0.1) is 0 Å². The van der Waals surface area contributed by atoms with Crippen molar-refractivity contribution in [1.29, 1.82) is 0 Å².